The van der Waals surface area contributed by atoms with Gasteiger partial charge in [0, 0.05) is 11.4 Å². The summed E-state index contributed by atoms with van der Waals surface area (Å²) < 4.78 is 5.63. The zero-order valence-electron chi connectivity index (χ0n) is 17.8. The van der Waals surface area contributed by atoms with Crippen LogP contribution >= 0.6 is 0 Å². The second-order valence-corrected chi connectivity index (χ2v) is 8.50. The van der Waals surface area contributed by atoms with E-state index in [1.807, 2.05) is 0 Å². The van der Waals surface area contributed by atoms with Crippen molar-refractivity contribution in [3.05, 3.63) is 65.7 Å². The van der Waals surface area contributed by atoms with Crippen LogP contribution < -0.4 is 10.1 Å². The van der Waals surface area contributed by atoms with E-state index in [9.17, 15) is 0 Å². The minimum Gasteiger partial charge on any atom is -0.496 e. The monoisotopic (exact) mass is 377 g/mol. The van der Waals surface area contributed by atoms with Crippen LogP contribution in [0.1, 0.15) is 57.1 Å². The second kappa shape index (κ2) is 9.82. The second-order valence-electron chi connectivity index (χ2n) is 8.50. The lowest BCUT2D eigenvalue weighted by Gasteiger charge is -2.28. The number of nitrogens with one attached hydrogen (secondary N) is 1. The molecule has 0 amide bonds. The summed E-state index contributed by atoms with van der Waals surface area (Å²) >= 11 is 0. The molecule has 0 saturated heterocycles. The Bertz CT molecular complexity index is 778. The Morgan fingerprint density at radius 3 is 2.46 bits per heavy atom. The summed E-state index contributed by atoms with van der Waals surface area (Å²) in [7, 11) is 1.77. The van der Waals surface area contributed by atoms with Crippen LogP contribution in [0, 0.1) is 11.8 Å². The molecule has 2 aromatic carbocycles. The van der Waals surface area contributed by atoms with E-state index in [2.05, 4.69) is 68.2 Å². The predicted molar refractivity (Wildman–Crippen MR) is 121 cm³/mol. The molecule has 0 spiro atoms. The van der Waals surface area contributed by atoms with Gasteiger partial charge < -0.3 is 10.1 Å². The van der Waals surface area contributed by atoms with Gasteiger partial charge in [0.15, 0.2) is 0 Å². The van der Waals surface area contributed by atoms with Crippen LogP contribution in [-0.2, 0) is 12.8 Å². The molecule has 3 rings (SSSR count). The summed E-state index contributed by atoms with van der Waals surface area (Å²) in [4.78, 5) is 0. The minimum atomic E-state index is 0.753. The third kappa shape index (κ3) is 5.64. The Balaban J connectivity index is 1.66. The zero-order valence-corrected chi connectivity index (χ0v) is 17.8. The van der Waals surface area contributed by atoms with E-state index in [1.54, 1.807) is 7.11 Å². The van der Waals surface area contributed by atoms with Crippen molar-refractivity contribution in [3.8, 4) is 5.75 Å². The Morgan fingerprint density at radius 1 is 1.04 bits per heavy atom. The molecular weight excluding hydrogens is 342 g/mol. The minimum absolute atomic E-state index is 0.753. The SMILES string of the molecule is C=C1CC(C)CC(CCc2cc(Nc3ccc(CCC)cc3)ccc2OC)C1. The van der Waals surface area contributed by atoms with Gasteiger partial charge in [0.2, 0.25) is 0 Å². The Hall–Kier alpha value is -2.22. The summed E-state index contributed by atoms with van der Waals surface area (Å²) in [6.45, 7) is 8.82. The van der Waals surface area contributed by atoms with Gasteiger partial charge in [-0.3, -0.25) is 0 Å². The molecular formula is C26H35NO. The summed E-state index contributed by atoms with van der Waals surface area (Å²) in [5.41, 5.74) is 6.37. The summed E-state index contributed by atoms with van der Waals surface area (Å²) in [6.07, 6.45) is 8.29. The van der Waals surface area contributed by atoms with Gasteiger partial charge in [-0.2, -0.15) is 0 Å². The lowest BCUT2D eigenvalue weighted by molar-refractivity contribution is 0.319. The van der Waals surface area contributed by atoms with Crippen molar-refractivity contribution in [1.29, 1.82) is 0 Å². The van der Waals surface area contributed by atoms with Crippen molar-refractivity contribution >= 4 is 11.4 Å². The molecule has 150 valence electrons. The van der Waals surface area contributed by atoms with Gasteiger partial charge in [-0.05, 0) is 91.8 Å². The summed E-state index contributed by atoms with van der Waals surface area (Å²) in [6, 6.07) is 15.2. The molecule has 0 aliphatic heterocycles. The molecule has 0 bridgehead atoms. The Kier molecular flexibility index (Phi) is 7.19. The van der Waals surface area contributed by atoms with E-state index in [0.29, 0.717) is 0 Å². The third-order valence-electron chi connectivity index (χ3n) is 5.83. The quantitative estimate of drug-likeness (QED) is 0.487. The first-order chi connectivity index (χ1) is 13.6. The first-order valence-electron chi connectivity index (χ1n) is 10.8. The topological polar surface area (TPSA) is 21.3 Å². The van der Waals surface area contributed by atoms with Gasteiger partial charge in [-0.15, -0.1) is 0 Å². The number of anilines is 2. The van der Waals surface area contributed by atoms with Crippen molar-refractivity contribution in [2.45, 2.75) is 58.8 Å². The molecule has 1 fully saturated rings. The number of rotatable bonds is 8. The molecule has 2 aromatic rings. The van der Waals surface area contributed by atoms with Crippen molar-refractivity contribution in [2.24, 2.45) is 11.8 Å². The highest BCUT2D eigenvalue weighted by Crippen LogP contribution is 2.35. The maximum absolute atomic E-state index is 5.63. The van der Waals surface area contributed by atoms with E-state index in [4.69, 9.17) is 4.74 Å². The molecule has 1 N–H and O–H groups in total. The molecule has 2 unspecified atom stereocenters. The van der Waals surface area contributed by atoms with Crippen LogP contribution in [0.5, 0.6) is 5.75 Å². The first-order valence-corrected chi connectivity index (χ1v) is 10.8. The van der Waals surface area contributed by atoms with Crippen molar-refractivity contribution in [1.82, 2.24) is 0 Å². The molecule has 0 aromatic heterocycles. The highest BCUT2D eigenvalue weighted by Gasteiger charge is 2.21. The maximum atomic E-state index is 5.63. The number of benzene rings is 2. The van der Waals surface area contributed by atoms with Crippen LogP contribution in [0.4, 0.5) is 11.4 Å². The Labute approximate surface area is 171 Å². The molecule has 2 atom stereocenters. The molecule has 2 heteroatoms. The van der Waals surface area contributed by atoms with Crippen molar-refractivity contribution < 1.29 is 4.74 Å². The van der Waals surface area contributed by atoms with Gasteiger partial charge >= 0.3 is 0 Å². The number of ether oxygens (including phenoxy) is 1. The molecule has 2 nitrogen and oxygen atoms in total. The molecule has 1 aliphatic carbocycles. The Morgan fingerprint density at radius 2 is 1.79 bits per heavy atom. The van der Waals surface area contributed by atoms with Gasteiger partial charge in [0.1, 0.15) is 5.75 Å². The predicted octanol–water partition coefficient (Wildman–Crippen LogP) is 7.32. The van der Waals surface area contributed by atoms with E-state index >= 15 is 0 Å². The standard InChI is InChI=1S/C26H35NO/c1-5-6-21-8-11-24(12-9-21)27-25-13-14-26(28-4)23(18-25)10-7-22-16-19(2)15-20(3)17-22/h8-9,11-14,18,20,22,27H,2,5-7,10,15-17H2,1,3-4H3. The van der Waals surface area contributed by atoms with Gasteiger partial charge in [0.05, 0.1) is 7.11 Å². The normalized spacial score (nSPS) is 19.5. The number of hydrogen-bond donors (Lipinski definition) is 1. The van der Waals surface area contributed by atoms with E-state index in [1.165, 1.54) is 48.8 Å². The summed E-state index contributed by atoms with van der Waals surface area (Å²) in [5.74, 6) is 2.52. The van der Waals surface area contributed by atoms with Gasteiger partial charge in [-0.25, -0.2) is 0 Å². The molecule has 1 saturated carbocycles. The largest absolute Gasteiger partial charge is 0.496 e. The van der Waals surface area contributed by atoms with Crippen LogP contribution in [0.3, 0.4) is 0 Å². The lowest BCUT2D eigenvalue weighted by Crippen LogP contribution is -2.15. The molecule has 1 aliphatic rings. The van der Waals surface area contributed by atoms with E-state index in [0.717, 1.165) is 41.8 Å². The summed E-state index contributed by atoms with van der Waals surface area (Å²) in [5, 5.41) is 3.55. The van der Waals surface area contributed by atoms with E-state index in [-0.39, 0.29) is 0 Å². The average Bonchev–Trinajstić information content (AvgIpc) is 2.67. The molecule has 0 heterocycles. The smallest absolute Gasteiger partial charge is 0.122 e. The van der Waals surface area contributed by atoms with Gasteiger partial charge in [0.25, 0.3) is 0 Å². The van der Waals surface area contributed by atoms with Crippen LogP contribution in [0.15, 0.2) is 54.6 Å². The fraction of sp³-hybridized carbons (Fsp3) is 0.462. The fourth-order valence-electron chi connectivity index (χ4n) is 4.56. The number of aryl methyl sites for hydroxylation is 2. The highest BCUT2D eigenvalue weighted by atomic mass is 16.5. The van der Waals surface area contributed by atoms with Crippen molar-refractivity contribution in [3.63, 3.8) is 0 Å². The van der Waals surface area contributed by atoms with E-state index < -0.39 is 0 Å². The average molecular weight is 378 g/mol. The number of methoxy groups -OCH3 is 1. The lowest BCUT2D eigenvalue weighted by atomic mass is 9.77. The molecule has 28 heavy (non-hydrogen) atoms. The maximum Gasteiger partial charge on any atom is 0.122 e. The molecule has 0 radical (unpaired) electrons. The first kappa shape index (κ1) is 20.5. The van der Waals surface area contributed by atoms with Crippen molar-refractivity contribution in [2.75, 3.05) is 12.4 Å². The fourth-order valence-corrected chi connectivity index (χ4v) is 4.56. The third-order valence-corrected chi connectivity index (χ3v) is 5.83. The van der Waals surface area contributed by atoms with Crippen LogP contribution in [0.2, 0.25) is 0 Å². The number of hydrogen-bond acceptors (Lipinski definition) is 2. The van der Waals surface area contributed by atoms with Crippen LogP contribution in [0.25, 0.3) is 0 Å². The zero-order chi connectivity index (χ0) is 19.9. The highest BCUT2D eigenvalue weighted by molar-refractivity contribution is 5.62. The van der Waals surface area contributed by atoms with Gasteiger partial charge in [-0.1, -0.05) is 44.6 Å². The van der Waals surface area contributed by atoms with Crippen LogP contribution in [-0.4, -0.2) is 7.11 Å². The number of allylic oxidation sites excluding steroid dienone is 1.